The highest BCUT2D eigenvalue weighted by molar-refractivity contribution is 7.98. The second-order valence-corrected chi connectivity index (χ2v) is 11.0. The second kappa shape index (κ2) is 9.43. The Labute approximate surface area is 197 Å². The van der Waals surface area contributed by atoms with E-state index in [-0.39, 0.29) is 54.3 Å². The van der Waals surface area contributed by atoms with E-state index in [4.69, 9.17) is 11.6 Å². The number of anilines is 1. The Balaban J connectivity index is 1.40. The second-order valence-electron chi connectivity index (χ2n) is 7.77. The van der Waals surface area contributed by atoms with Crippen molar-refractivity contribution in [2.45, 2.75) is 16.2 Å². The van der Waals surface area contributed by atoms with Gasteiger partial charge in [0, 0.05) is 49.7 Å². The first-order valence-corrected chi connectivity index (χ1v) is 13.3. The van der Waals surface area contributed by atoms with Crippen LogP contribution >= 0.6 is 23.4 Å². The first kappa shape index (κ1) is 23.1. The molecule has 10 heteroatoms. The van der Waals surface area contributed by atoms with E-state index in [1.54, 1.807) is 39.8 Å². The average molecular weight is 494 g/mol. The van der Waals surface area contributed by atoms with Gasteiger partial charge in [-0.3, -0.25) is 9.59 Å². The molecule has 0 unspecified atom stereocenters. The fourth-order valence-corrected chi connectivity index (χ4v) is 6.47. The van der Waals surface area contributed by atoms with Crippen LogP contribution < -0.4 is 4.90 Å². The van der Waals surface area contributed by atoms with Gasteiger partial charge in [-0.25, -0.2) is 8.42 Å². The van der Waals surface area contributed by atoms with Crippen LogP contribution in [-0.4, -0.2) is 68.4 Å². The molecule has 170 valence electrons. The lowest BCUT2D eigenvalue weighted by Crippen LogP contribution is -2.52. The van der Waals surface area contributed by atoms with Crippen LogP contribution in [0.3, 0.4) is 0 Å². The number of amides is 2. The maximum atomic E-state index is 13.1. The number of rotatable bonds is 5. The molecule has 2 fully saturated rings. The Morgan fingerprint density at radius 2 is 1.78 bits per heavy atom. The van der Waals surface area contributed by atoms with Gasteiger partial charge in [0.05, 0.1) is 10.9 Å². The van der Waals surface area contributed by atoms with E-state index in [9.17, 15) is 18.0 Å². The van der Waals surface area contributed by atoms with Gasteiger partial charge in [-0.2, -0.15) is 4.31 Å². The fourth-order valence-electron chi connectivity index (χ4n) is 4.10. The van der Waals surface area contributed by atoms with Crippen LogP contribution in [-0.2, 0) is 19.6 Å². The maximum Gasteiger partial charge on any atom is 0.244 e. The molecule has 2 heterocycles. The van der Waals surface area contributed by atoms with Gasteiger partial charge in [0.25, 0.3) is 0 Å². The van der Waals surface area contributed by atoms with Crippen LogP contribution in [0.5, 0.6) is 0 Å². The van der Waals surface area contributed by atoms with Gasteiger partial charge >= 0.3 is 0 Å². The van der Waals surface area contributed by atoms with E-state index in [1.165, 1.54) is 10.4 Å². The van der Waals surface area contributed by atoms with Crippen molar-refractivity contribution in [2.75, 3.05) is 43.9 Å². The molecule has 0 spiro atoms. The summed E-state index contributed by atoms with van der Waals surface area (Å²) in [5.41, 5.74) is 0.799. The summed E-state index contributed by atoms with van der Waals surface area (Å²) < 4.78 is 27.2. The highest BCUT2D eigenvalue weighted by Crippen LogP contribution is 2.30. The molecule has 0 aliphatic carbocycles. The largest absolute Gasteiger partial charge is 0.340 e. The maximum absolute atomic E-state index is 13.1. The number of thioether (sulfide) groups is 1. The lowest BCUT2D eigenvalue weighted by Gasteiger charge is -2.35. The molecule has 0 saturated carbocycles. The van der Waals surface area contributed by atoms with Gasteiger partial charge in [0.2, 0.25) is 21.8 Å². The lowest BCUT2D eigenvalue weighted by molar-refractivity contribution is -0.136. The minimum atomic E-state index is -3.72. The molecule has 2 saturated heterocycles. The molecule has 1 atom stereocenters. The van der Waals surface area contributed by atoms with Crippen LogP contribution in [0.25, 0.3) is 0 Å². The number of carbonyl (C=O) groups is 2. The summed E-state index contributed by atoms with van der Waals surface area (Å²) in [5.74, 6) is -0.592. The molecule has 0 radical (unpaired) electrons. The van der Waals surface area contributed by atoms with E-state index >= 15 is 0 Å². The zero-order valence-electron chi connectivity index (χ0n) is 17.6. The van der Waals surface area contributed by atoms with Crippen LogP contribution in [0.2, 0.25) is 5.02 Å². The van der Waals surface area contributed by atoms with Gasteiger partial charge in [0.15, 0.2) is 0 Å². The van der Waals surface area contributed by atoms with Crippen molar-refractivity contribution in [3.63, 3.8) is 0 Å². The summed E-state index contributed by atoms with van der Waals surface area (Å²) in [6.07, 6.45) is 2.14. The summed E-state index contributed by atoms with van der Waals surface area (Å²) in [4.78, 5) is 30.1. The van der Waals surface area contributed by atoms with Crippen LogP contribution in [0.1, 0.15) is 6.42 Å². The van der Waals surface area contributed by atoms with Gasteiger partial charge in [-0.1, -0.05) is 29.8 Å². The molecule has 4 rings (SSSR count). The topological polar surface area (TPSA) is 78.0 Å². The molecule has 2 aliphatic rings. The van der Waals surface area contributed by atoms with E-state index < -0.39 is 15.9 Å². The molecule has 32 heavy (non-hydrogen) atoms. The predicted molar refractivity (Wildman–Crippen MR) is 125 cm³/mol. The number of carbonyl (C=O) groups excluding carboxylic acids is 2. The molecule has 2 amide bonds. The SMILES string of the molecule is CSc1cccc(N2C[C@H](C(=O)N3CCN(S(=O)(=O)c4ccccc4Cl)CC3)CC2=O)c1. The Bertz CT molecular complexity index is 1130. The van der Waals surface area contributed by atoms with E-state index in [0.717, 1.165) is 10.6 Å². The van der Waals surface area contributed by atoms with Crippen molar-refractivity contribution in [1.29, 1.82) is 0 Å². The fraction of sp³-hybridized carbons (Fsp3) is 0.364. The van der Waals surface area contributed by atoms with E-state index in [2.05, 4.69) is 0 Å². The van der Waals surface area contributed by atoms with Crippen molar-refractivity contribution >= 4 is 50.9 Å². The summed E-state index contributed by atoms with van der Waals surface area (Å²) in [5, 5.41) is 0.182. The highest BCUT2D eigenvalue weighted by Gasteiger charge is 2.39. The smallest absolute Gasteiger partial charge is 0.244 e. The van der Waals surface area contributed by atoms with E-state index in [0.29, 0.717) is 6.54 Å². The van der Waals surface area contributed by atoms with Gasteiger partial charge < -0.3 is 9.80 Å². The summed E-state index contributed by atoms with van der Waals surface area (Å²) in [6, 6.07) is 14.1. The summed E-state index contributed by atoms with van der Waals surface area (Å²) >= 11 is 7.68. The number of benzene rings is 2. The highest BCUT2D eigenvalue weighted by atomic mass is 35.5. The van der Waals surface area contributed by atoms with Gasteiger partial charge in [-0.15, -0.1) is 11.8 Å². The Hall–Kier alpha value is -2.07. The van der Waals surface area contributed by atoms with Crippen molar-refractivity contribution in [2.24, 2.45) is 5.92 Å². The third-order valence-corrected chi connectivity index (χ3v) is 8.97. The molecular weight excluding hydrogens is 470 g/mol. The Morgan fingerprint density at radius 1 is 1.06 bits per heavy atom. The van der Waals surface area contributed by atoms with Gasteiger partial charge in [0.1, 0.15) is 4.90 Å². The van der Waals surface area contributed by atoms with Crippen LogP contribution in [0.4, 0.5) is 5.69 Å². The Kier molecular flexibility index (Phi) is 6.80. The number of hydrogen-bond donors (Lipinski definition) is 0. The first-order valence-electron chi connectivity index (χ1n) is 10.3. The van der Waals surface area contributed by atoms with Crippen molar-refractivity contribution in [3.05, 3.63) is 53.6 Å². The van der Waals surface area contributed by atoms with Crippen molar-refractivity contribution < 1.29 is 18.0 Å². The van der Waals surface area contributed by atoms with Crippen molar-refractivity contribution in [1.82, 2.24) is 9.21 Å². The third-order valence-electron chi connectivity index (χ3n) is 5.84. The number of halogens is 1. The lowest BCUT2D eigenvalue weighted by atomic mass is 10.1. The molecule has 2 aliphatic heterocycles. The zero-order chi connectivity index (χ0) is 22.9. The van der Waals surface area contributed by atoms with Gasteiger partial charge in [-0.05, 0) is 36.6 Å². The third kappa shape index (κ3) is 4.52. The number of nitrogens with zero attached hydrogens (tertiary/aromatic N) is 3. The number of piperazine rings is 1. The standard InChI is InChI=1S/C22H24ClN3O4S2/c1-31-18-6-4-5-17(14-18)26-15-16(13-21(26)27)22(28)24-9-11-25(12-10-24)32(29,30)20-8-3-2-7-19(20)23/h2-8,14,16H,9-13,15H2,1H3/t16-/m1/s1. The minimum absolute atomic E-state index is 0.0680. The number of sulfonamides is 1. The molecule has 2 aromatic rings. The Morgan fingerprint density at radius 3 is 2.47 bits per heavy atom. The quantitative estimate of drug-likeness (QED) is 0.598. The molecule has 2 aromatic carbocycles. The summed E-state index contributed by atoms with van der Waals surface area (Å²) in [6.45, 7) is 1.30. The van der Waals surface area contributed by atoms with Crippen LogP contribution in [0.15, 0.2) is 58.3 Å². The normalized spacial score (nSPS) is 20.1. The summed E-state index contributed by atoms with van der Waals surface area (Å²) in [7, 11) is -3.72. The van der Waals surface area contributed by atoms with E-state index in [1.807, 2.05) is 30.5 Å². The molecule has 0 bridgehead atoms. The molecule has 7 nitrogen and oxygen atoms in total. The minimum Gasteiger partial charge on any atom is -0.340 e. The van der Waals surface area contributed by atoms with Crippen molar-refractivity contribution in [3.8, 4) is 0 Å². The van der Waals surface area contributed by atoms with Crippen LogP contribution in [0, 0.1) is 5.92 Å². The molecule has 0 N–H and O–H groups in total. The number of hydrogen-bond acceptors (Lipinski definition) is 5. The molecular formula is C22H24ClN3O4S2. The monoisotopic (exact) mass is 493 g/mol. The molecule has 0 aromatic heterocycles. The first-order chi connectivity index (χ1) is 15.3. The zero-order valence-corrected chi connectivity index (χ0v) is 20.0. The average Bonchev–Trinajstić information content (AvgIpc) is 3.20. The predicted octanol–water partition coefficient (Wildman–Crippen LogP) is 2.95.